The highest BCUT2D eigenvalue weighted by atomic mass is 79.9. The zero-order valence-electron chi connectivity index (χ0n) is 6.81. The summed E-state index contributed by atoms with van der Waals surface area (Å²) < 4.78 is 18.1. The number of hydrogen-bond donors (Lipinski definition) is 0. The van der Waals surface area contributed by atoms with Crippen LogP contribution in [-0.4, -0.2) is 11.9 Å². The highest BCUT2D eigenvalue weighted by Gasteiger charge is 2.01. The van der Waals surface area contributed by atoms with Gasteiger partial charge in [0.25, 0.3) is 0 Å². The summed E-state index contributed by atoms with van der Waals surface area (Å²) in [4.78, 5) is 0. The van der Waals surface area contributed by atoms with Crippen molar-refractivity contribution in [1.29, 1.82) is 0 Å². The highest BCUT2D eigenvalue weighted by molar-refractivity contribution is 9.09. The van der Waals surface area contributed by atoms with Gasteiger partial charge in [-0.05, 0) is 24.6 Å². The van der Waals surface area contributed by atoms with E-state index in [1.165, 1.54) is 6.07 Å². The molecule has 0 saturated carbocycles. The molecule has 0 amide bonds. The van der Waals surface area contributed by atoms with Crippen LogP contribution in [0.2, 0.25) is 0 Å². The normalized spacial score (nSPS) is 9.92. The van der Waals surface area contributed by atoms with Gasteiger partial charge in [-0.15, -0.1) is 0 Å². The maximum atomic E-state index is 13.0. The summed E-state index contributed by atoms with van der Waals surface area (Å²) >= 11 is 3.20. The van der Waals surface area contributed by atoms with Crippen molar-refractivity contribution in [2.75, 3.05) is 11.9 Å². The molecule has 0 bridgehead atoms. The van der Waals surface area contributed by atoms with Crippen molar-refractivity contribution in [3.63, 3.8) is 0 Å². The van der Waals surface area contributed by atoms with Crippen LogP contribution in [-0.2, 0) is 0 Å². The standard InChI is InChI=1S/C9H10BrFO/c1-7-2-3-8(11)9(6-7)12-5-4-10/h2-3,6H,4-5H2,1H3. The second-order valence-corrected chi connectivity index (χ2v) is 3.26. The van der Waals surface area contributed by atoms with Crippen LogP contribution >= 0.6 is 15.9 Å². The fourth-order valence-corrected chi connectivity index (χ4v) is 1.03. The van der Waals surface area contributed by atoms with Gasteiger partial charge in [-0.3, -0.25) is 0 Å². The van der Waals surface area contributed by atoms with Gasteiger partial charge in [0.2, 0.25) is 0 Å². The Morgan fingerprint density at radius 3 is 2.92 bits per heavy atom. The molecule has 0 radical (unpaired) electrons. The van der Waals surface area contributed by atoms with Gasteiger partial charge in [0.05, 0.1) is 6.61 Å². The molecule has 1 nitrogen and oxygen atoms in total. The minimum atomic E-state index is -0.304. The van der Waals surface area contributed by atoms with Crippen molar-refractivity contribution in [1.82, 2.24) is 0 Å². The molecule has 3 heteroatoms. The van der Waals surface area contributed by atoms with Crippen LogP contribution in [0.4, 0.5) is 4.39 Å². The molecule has 1 aromatic carbocycles. The number of rotatable bonds is 3. The molecular formula is C9H10BrFO. The predicted molar refractivity (Wildman–Crippen MR) is 50.4 cm³/mol. The Hall–Kier alpha value is -0.570. The molecule has 0 fully saturated rings. The summed E-state index contributed by atoms with van der Waals surface area (Å²) in [5.41, 5.74) is 1.00. The van der Waals surface area contributed by atoms with Crippen LogP contribution in [0.3, 0.4) is 0 Å². The predicted octanol–water partition coefficient (Wildman–Crippen LogP) is 2.91. The number of ether oxygens (including phenoxy) is 1. The summed E-state index contributed by atoms with van der Waals surface area (Å²) in [6, 6.07) is 4.83. The lowest BCUT2D eigenvalue weighted by Gasteiger charge is -2.05. The molecule has 0 N–H and O–H groups in total. The smallest absolute Gasteiger partial charge is 0.165 e. The van der Waals surface area contributed by atoms with Gasteiger partial charge in [0, 0.05) is 5.33 Å². The second-order valence-electron chi connectivity index (χ2n) is 2.47. The molecule has 0 atom stereocenters. The van der Waals surface area contributed by atoms with E-state index in [0.717, 1.165) is 5.56 Å². The second kappa shape index (κ2) is 4.45. The molecule has 0 unspecified atom stereocenters. The Labute approximate surface area is 79.7 Å². The van der Waals surface area contributed by atoms with Crippen molar-refractivity contribution in [3.05, 3.63) is 29.6 Å². The van der Waals surface area contributed by atoms with Gasteiger partial charge >= 0.3 is 0 Å². The maximum absolute atomic E-state index is 13.0. The molecule has 0 aliphatic carbocycles. The average Bonchev–Trinajstić information content (AvgIpc) is 2.07. The molecule has 0 aliphatic heterocycles. The molecule has 1 rings (SSSR count). The Morgan fingerprint density at radius 1 is 1.50 bits per heavy atom. The first-order valence-electron chi connectivity index (χ1n) is 3.69. The third-order valence-electron chi connectivity index (χ3n) is 1.42. The van der Waals surface area contributed by atoms with Gasteiger partial charge in [0.15, 0.2) is 11.6 Å². The van der Waals surface area contributed by atoms with E-state index in [1.54, 1.807) is 12.1 Å². The monoisotopic (exact) mass is 232 g/mol. The molecule has 0 aliphatic rings. The van der Waals surface area contributed by atoms with Crippen LogP contribution in [0.15, 0.2) is 18.2 Å². The van der Waals surface area contributed by atoms with E-state index in [1.807, 2.05) is 6.92 Å². The van der Waals surface area contributed by atoms with E-state index in [-0.39, 0.29) is 5.82 Å². The highest BCUT2D eigenvalue weighted by Crippen LogP contribution is 2.18. The van der Waals surface area contributed by atoms with Crippen LogP contribution in [0.1, 0.15) is 5.56 Å². The van der Waals surface area contributed by atoms with Crippen LogP contribution < -0.4 is 4.74 Å². The molecule has 12 heavy (non-hydrogen) atoms. The molecule has 0 spiro atoms. The lowest BCUT2D eigenvalue weighted by Crippen LogP contribution is -1.99. The summed E-state index contributed by atoms with van der Waals surface area (Å²) in [7, 11) is 0. The minimum absolute atomic E-state index is 0.304. The Morgan fingerprint density at radius 2 is 2.25 bits per heavy atom. The van der Waals surface area contributed by atoms with Crippen LogP contribution in [0.25, 0.3) is 0 Å². The quantitative estimate of drug-likeness (QED) is 0.729. The Balaban J connectivity index is 2.75. The first-order valence-corrected chi connectivity index (χ1v) is 4.81. The number of alkyl halides is 1. The van der Waals surface area contributed by atoms with Gasteiger partial charge in [-0.2, -0.15) is 0 Å². The molecule has 66 valence electrons. The third kappa shape index (κ3) is 2.48. The lowest BCUT2D eigenvalue weighted by molar-refractivity contribution is 0.325. The average molecular weight is 233 g/mol. The third-order valence-corrected chi connectivity index (χ3v) is 1.75. The summed E-state index contributed by atoms with van der Waals surface area (Å²) in [5.74, 6) is 0.0241. The largest absolute Gasteiger partial charge is 0.490 e. The van der Waals surface area contributed by atoms with Gasteiger partial charge in [-0.1, -0.05) is 22.0 Å². The van der Waals surface area contributed by atoms with Gasteiger partial charge < -0.3 is 4.74 Å². The zero-order valence-corrected chi connectivity index (χ0v) is 8.40. The van der Waals surface area contributed by atoms with E-state index in [2.05, 4.69) is 15.9 Å². The first-order chi connectivity index (χ1) is 5.74. The summed E-state index contributed by atoms with van der Waals surface area (Å²) in [6.07, 6.45) is 0. The van der Waals surface area contributed by atoms with Gasteiger partial charge in [0.1, 0.15) is 0 Å². The molecule has 0 aromatic heterocycles. The van der Waals surface area contributed by atoms with E-state index >= 15 is 0 Å². The summed E-state index contributed by atoms with van der Waals surface area (Å²) in [5, 5.41) is 0.709. The Bertz CT molecular complexity index is 263. The molecular weight excluding hydrogens is 223 g/mol. The van der Waals surface area contributed by atoms with E-state index in [0.29, 0.717) is 17.7 Å². The molecule has 0 heterocycles. The van der Waals surface area contributed by atoms with Gasteiger partial charge in [-0.25, -0.2) is 4.39 Å². The SMILES string of the molecule is Cc1ccc(F)c(OCCBr)c1. The fourth-order valence-electron chi connectivity index (χ4n) is 0.870. The van der Waals surface area contributed by atoms with Crippen LogP contribution in [0.5, 0.6) is 5.75 Å². The van der Waals surface area contributed by atoms with E-state index < -0.39 is 0 Å². The van der Waals surface area contributed by atoms with Crippen molar-refractivity contribution < 1.29 is 9.13 Å². The fraction of sp³-hybridized carbons (Fsp3) is 0.333. The summed E-state index contributed by atoms with van der Waals surface area (Å²) in [6.45, 7) is 2.39. The van der Waals surface area contributed by atoms with Crippen molar-refractivity contribution in [2.24, 2.45) is 0 Å². The van der Waals surface area contributed by atoms with E-state index in [9.17, 15) is 4.39 Å². The number of aryl methyl sites for hydroxylation is 1. The number of halogens is 2. The molecule has 1 aromatic rings. The zero-order chi connectivity index (χ0) is 8.97. The van der Waals surface area contributed by atoms with Crippen LogP contribution in [0, 0.1) is 12.7 Å². The lowest BCUT2D eigenvalue weighted by atomic mass is 10.2. The first kappa shape index (κ1) is 9.52. The number of benzene rings is 1. The minimum Gasteiger partial charge on any atom is -0.490 e. The van der Waals surface area contributed by atoms with Crippen molar-refractivity contribution in [2.45, 2.75) is 6.92 Å². The number of hydrogen-bond acceptors (Lipinski definition) is 1. The topological polar surface area (TPSA) is 9.23 Å². The van der Waals surface area contributed by atoms with E-state index in [4.69, 9.17) is 4.74 Å². The van der Waals surface area contributed by atoms with Crippen molar-refractivity contribution in [3.8, 4) is 5.75 Å². The maximum Gasteiger partial charge on any atom is 0.165 e. The van der Waals surface area contributed by atoms with Crippen molar-refractivity contribution >= 4 is 15.9 Å². The Kier molecular flexibility index (Phi) is 3.53. The molecule has 0 saturated heterocycles.